The van der Waals surface area contributed by atoms with Crippen molar-refractivity contribution < 1.29 is 14.3 Å². The first kappa shape index (κ1) is 15.3. The summed E-state index contributed by atoms with van der Waals surface area (Å²) in [6.07, 6.45) is 0.763. The maximum Gasteiger partial charge on any atom is 0.251 e. The predicted octanol–water partition coefficient (Wildman–Crippen LogP) is 1.96. The molecular formula is C12H16FNO2S2. The molecule has 100 valence electrons. The van der Waals surface area contributed by atoms with E-state index in [2.05, 4.69) is 17.9 Å². The Hall–Kier alpha value is -0.720. The van der Waals surface area contributed by atoms with Crippen LogP contribution in [0.3, 0.4) is 0 Å². The van der Waals surface area contributed by atoms with Crippen molar-refractivity contribution in [3.05, 3.63) is 29.6 Å². The molecule has 1 aromatic rings. The predicted molar refractivity (Wildman–Crippen MR) is 75.0 cm³/mol. The number of halogens is 1. The van der Waals surface area contributed by atoms with Crippen LogP contribution < -0.4 is 5.32 Å². The van der Waals surface area contributed by atoms with Gasteiger partial charge in [-0.25, -0.2) is 4.39 Å². The zero-order valence-corrected chi connectivity index (χ0v) is 11.6. The van der Waals surface area contributed by atoms with Crippen LogP contribution in [0.4, 0.5) is 4.39 Å². The van der Waals surface area contributed by atoms with Crippen LogP contribution in [-0.4, -0.2) is 35.7 Å². The molecule has 0 saturated carbocycles. The lowest BCUT2D eigenvalue weighted by atomic mass is 10.2. The zero-order chi connectivity index (χ0) is 13.4. The van der Waals surface area contributed by atoms with Gasteiger partial charge in [0.05, 0.1) is 0 Å². The monoisotopic (exact) mass is 289 g/mol. The second kappa shape index (κ2) is 8.39. The average molecular weight is 289 g/mol. The Kier molecular flexibility index (Phi) is 7.15. The van der Waals surface area contributed by atoms with E-state index >= 15 is 0 Å². The minimum Gasteiger partial charge on any atom is -0.396 e. The van der Waals surface area contributed by atoms with Crippen molar-refractivity contribution in [2.24, 2.45) is 0 Å². The van der Waals surface area contributed by atoms with Gasteiger partial charge >= 0.3 is 0 Å². The SMILES string of the molecule is O=C(NCCSCCCO)c1ccc(F)c(S)c1. The van der Waals surface area contributed by atoms with Crippen LogP contribution in [0, 0.1) is 5.82 Å². The van der Waals surface area contributed by atoms with E-state index in [1.54, 1.807) is 11.8 Å². The highest BCUT2D eigenvalue weighted by Gasteiger charge is 2.07. The number of aliphatic hydroxyl groups excluding tert-OH is 1. The van der Waals surface area contributed by atoms with Crippen molar-refractivity contribution in [1.29, 1.82) is 0 Å². The highest BCUT2D eigenvalue weighted by molar-refractivity contribution is 7.99. The Balaban J connectivity index is 2.30. The highest BCUT2D eigenvalue weighted by Crippen LogP contribution is 2.14. The first-order valence-electron chi connectivity index (χ1n) is 5.60. The Bertz CT molecular complexity index is 402. The molecule has 3 nitrogen and oxygen atoms in total. The van der Waals surface area contributed by atoms with Gasteiger partial charge in [0.1, 0.15) is 5.82 Å². The molecule has 0 saturated heterocycles. The van der Waals surface area contributed by atoms with E-state index in [0.717, 1.165) is 17.9 Å². The normalized spacial score (nSPS) is 10.4. The van der Waals surface area contributed by atoms with Crippen molar-refractivity contribution >= 4 is 30.3 Å². The van der Waals surface area contributed by atoms with Gasteiger partial charge < -0.3 is 10.4 Å². The first-order valence-corrected chi connectivity index (χ1v) is 7.20. The number of benzene rings is 1. The summed E-state index contributed by atoms with van der Waals surface area (Å²) < 4.78 is 13.0. The van der Waals surface area contributed by atoms with E-state index < -0.39 is 5.82 Å². The molecule has 0 heterocycles. The van der Waals surface area contributed by atoms with Gasteiger partial charge in [-0.1, -0.05) is 0 Å². The lowest BCUT2D eigenvalue weighted by molar-refractivity contribution is 0.0956. The molecular weight excluding hydrogens is 273 g/mol. The number of carbonyl (C=O) groups excluding carboxylic acids is 1. The van der Waals surface area contributed by atoms with Crippen LogP contribution in [0.5, 0.6) is 0 Å². The molecule has 1 aromatic carbocycles. The van der Waals surface area contributed by atoms with Gasteiger partial charge in [-0.3, -0.25) is 4.79 Å². The molecule has 0 atom stereocenters. The van der Waals surface area contributed by atoms with E-state index in [0.29, 0.717) is 12.1 Å². The number of nitrogens with one attached hydrogen (secondary N) is 1. The maximum atomic E-state index is 13.0. The third-order valence-corrected chi connectivity index (χ3v) is 3.60. The third kappa shape index (κ3) is 5.29. The Morgan fingerprint density at radius 3 is 2.89 bits per heavy atom. The Morgan fingerprint density at radius 2 is 2.22 bits per heavy atom. The van der Waals surface area contributed by atoms with Gasteiger partial charge in [-0.05, 0) is 30.4 Å². The number of thioether (sulfide) groups is 1. The molecule has 0 aliphatic carbocycles. The van der Waals surface area contributed by atoms with E-state index in [4.69, 9.17) is 5.11 Å². The molecule has 1 rings (SSSR count). The van der Waals surface area contributed by atoms with Crippen LogP contribution >= 0.6 is 24.4 Å². The van der Waals surface area contributed by atoms with Gasteiger partial charge in [-0.2, -0.15) is 11.8 Å². The average Bonchev–Trinajstić information content (AvgIpc) is 2.36. The molecule has 1 amide bonds. The number of rotatable bonds is 7. The second-order valence-corrected chi connectivity index (χ2v) is 5.32. The van der Waals surface area contributed by atoms with Crippen molar-refractivity contribution in [2.75, 3.05) is 24.7 Å². The van der Waals surface area contributed by atoms with E-state index in [9.17, 15) is 9.18 Å². The molecule has 0 bridgehead atoms. The minimum absolute atomic E-state index is 0.167. The van der Waals surface area contributed by atoms with E-state index in [1.807, 2.05) is 0 Å². The van der Waals surface area contributed by atoms with Crippen LogP contribution in [0.2, 0.25) is 0 Å². The van der Waals surface area contributed by atoms with Gasteiger partial charge in [-0.15, -0.1) is 12.6 Å². The van der Waals surface area contributed by atoms with Crippen molar-refractivity contribution in [3.63, 3.8) is 0 Å². The topological polar surface area (TPSA) is 49.3 Å². The summed E-state index contributed by atoms with van der Waals surface area (Å²) in [6.45, 7) is 0.744. The van der Waals surface area contributed by atoms with Gasteiger partial charge in [0.2, 0.25) is 0 Å². The summed E-state index contributed by atoms with van der Waals surface area (Å²) >= 11 is 5.60. The fourth-order valence-electron chi connectivity index (χ4n) is 1.26. The molecule has 0 spiro atoms. The number of aliphatic hydroxyl groups is 1. The largest absolute Gasteiger partial charge is 0.396 e. The quantitative estimate of drug-likeness (QED) is 0.531. The molecule has 0 radical (unpaired) electrons. The molecule has 0 aromatic heterocycles. The molecule has 0 aliphatic rings. The zero-order valence-electron chi connectivity index (χ0n) is 9.86. The lowest BCUT2D eigenvalue weighted by Gasteiger charge is -2.06. The summed E-state index contributed by atoms with van der Waals surface area (Å²) in [5.74, 6) is 1.01. The summed E-state index contributed by atoms with van der Waals surface area (Å²) in [5.41, 5.74) is 0.404. The van der Waals surface area contributed by atoms with Gasteiger partial charge in [0.15, 0.2) is 0 Å². The van der Waals surface area contributed by atoms with E-state index in [1.165, 1.54) is 18.2 Å². The number of amides is 1. The summed E-state index contributed by atoms with van der Waals surface area (Å²) in [7, 11) is 0. The van der Waals surface area contributed by atoms with Gasteiger partial charge in [0, 0.05) is 29.4 Å². The maximum absolute atomic E-state index is 13.0. The smallest absolute Gasteiger partial charge is 0.251 e. The van der Waals surface area contributed by atoms with Crippen LogP contribution in [-0.2, 0) is 0 Å². The lowest BCUT2D eigenvalue weighted by Crippen LogP contribution is -2.25. The Morgan fingerprint density at radius 1 is 1.44 bits per heavy atom. The number of hydrogen-bond acceptors (Lipinski definition) is 4. The molecule has 0 aliphatic heterocycles. The summed E-state index contributed by atoms with van der Waals surface area (Å²) in [5, 5.41) is 11.3. The van der Waals surface area contributed by atoms with Gasteiger partial charge in [0.25, 0.3) is 5.91 Å². The third-order valence-electron chi connectivity index (χ3n) is 2.19. The Labute approximate surface area is 116 Å². The number of hydrogen-bond donors (Lipinski definition) is 3. The molecule has 0 unspecified atom stereocenters. The molecule has 2 N–H and O–H groups in total. The van der Waals surface area contributed by atoms with E-state index in [-0.39, 0.29) is 17.4 Å². The van der Waals surface area contributed by atoms with Crippen molar-refractivity contribution in [3.8, 4) is 0 Å². The molecule has 0 fully saturated rings. The van der Waals surface area contributed by atoms with Crippen molar-refractivity contribution in [2.45, 2.75) is 11.3 Å². The van der Waals surface area contributed by atoms with Crippen LogP contribution in [0.25, 0.3) is 0 Å². The number of carbonyl (C=O) groups is 1. The highest BCUT2D eigenvalue weighted by atomic mass is 32.2. The summed E-state index contributed by atoms with van der Waals surface area (Å²) in [6, 6.07) is 4.07. The first-order chi connectivity index (χ1) is 8.65. The number of thiol groups is 1. The van der Waals surface area contributed by atoms with Crippen molar-refractivity contribution in [1.82, 2.24) is 5.32 Å². The summed E-state index contributed by atoms with van der Waals surface area (Å²) in [4.78, 5) is 11.8. The minimum atomic E-state index is -0.436. The molecule has 18 heavy (non-hydrogen) atoms. The molecule has 6 heteroatoms. The fourth-order valence-corrected chi connectivity index (χ4v) is 2.26. The van der Waals surface area contributed by atoms with Crippen LogP contribution in [0.1, 0.15) is 16.8 Å². The van der Waals surface area contributed by atoms with Crippen LogP contribution in [0.15, 0.2) is 23.1 Å². The fraction of sp³-hybridized carbons (Fsp3) is 0.417. The standard InChI is InChI=1S/C12H16FNO2S2/c13-10-3-2-9(8-11(10)17)12(16)14-4-7-18-6-1-5-15/h2-3,8,15,17H,1,4-7H2,(H,14,16). The second-order valence-electron chi connectivity index (χ2n) is 3.61.